The summed E-state index contributed by atoms with van der Waals surface area (Å²) in [6, 6.07) is 4.54. The highest BCUT2D eigenvalue weighted by atomic mass is 35.5. The van der Waals surface area contributed by atoms with Gasteiger partial charge in [-0.15, -0.1) is 0 Å². The molecule has 0 saturated carbocycles. The number of ether oxygens (including phenoxy) is 1. The van der Waals surface area contributed by atoms with E-state index in [1.165, 1.54) is 6.07 Å². The van der Waals surface area contributed by atoms with Gasteiger partial charge in [-0.3, -0.25) is 4.68 Å². The first-order chi connectivity index (χ1) is 10.1. The fraction of sp³-hybridized carbons (Fsp3) is 0.400. The van der Waals surface area contributed by atoms with Crippen molar-refractivity contribution < 1.29 is 9.13 Å². The van der Waals surface area contributed by atoms with Crippen LogP contribution in [-0.4, -0.2) is 23.9 Å². The van der Waals surface area contributed by atoms with Gasteiger partial charge in [-0.1, -0.05) is 24.6 Å². The van der Waals surface area contributed by atoms with Gasteiger partial charge in [0.25, 0.3) is 0 Å². The molecule has 0 aliphatic rings. The zero-order valence-corrected chi connectivity index (χ0v) is 13.1. The topological polar surface area (TPSA) is 39.1 Å². The third-order valence-corrected chi connectivity index (χ3v) is 3.63. The average molecular weight is 312 g/mol. The van der Waals surface area contributed by atoms with Crippen LogP contribution in [-0.2, 0) is 6.54 Å². The highest BCUT2D eigenvalue weighted by molar-refractivity contribution is 6.30. The van der Waals surface area contributed by atoms with Gasteiger partial charge in [0.15, 0.2) is 5.75 Å². The lowest BCUT2D eigenvalue weighted by atomic mass is 10.0. The molecule has 1 aromatic heterocycles. The predicted octanol–water partition coefficient (Wildman–Crippen LogP) is 3.40. The van der Waals surface area contributed by atoms with Crippen molar-refractivity contribution in [2.45, 2.75) is 25.9 Å². The van der Waals surface area contributed by atoms with Crippen LogP contribution in [0.1, 0.15) is 30.6 Å². The molecule has 0 saturated heterocycles. The van der Waals surface area contributed by atoms with Crippen LogP contribution in [0.2, 0.25) is 5.02 Å². The fourth-order valence-corrected chi connectivity index (χ4v) is 2.56. The molecule has 1 aromatic carbocycles. The van der Waals surface area contributed by atoms with E-state index in [9.17, 15) is 4.39 Å². The molecule has 4 nitrogen and oxygen atoms in total. The minimum absolute atomic E-state index is 0.105. The maximum atomic E-state index is 13.4. The highest BCUT2D eigenvalue weighted by Gasteiger charge is 2.22. The Kier molecular flexibility index (Phi) is 5.20. The molecule has 2 rings (SSSR count). The summed E-state index contributed by atoms with van der Waals surface area (Å²) in [6.45, 7) is 2.87. The van der Waals surface area contributed by atoms with Crippen molar-refractivity contribution in [3.8, 4) is 5.75 Å². The molecular weight excluding hydrogens is 293 g/mol. The van der Waals surface area contributed by atoms with Gasteiger partial charge in [-0.05, 0) is 31.2 Å². The Morgan fingerprint density at radius 2 is 2.24 bits per heavy atom. The van der Waals surface area contributed by atoms with Gasteiger partial charge in [0, 0.05) is 6.54 Å². The van der Waals surface area contributed by atoms with Crippen molar-refractivity contribution in [1.29, 1.82) is 0 Å². The molecule has 0 fully saturated rings. The van der Waals surface area contributed by atoms with Crippen molar-refractivity contribution in [3.05, 3.63) is 46.5 Å². The summed E-state index contributed by atoms with van der Waals surface area (Å²) in [6.07, 6.45) is 2.65. The van der Waals surface area contributed by atoms with E-state index >= 15 is 0 Å². The lowest BCUT2D eigenvalue weighted by Gasteiger charge is -2.20. The average Bonchev–Trinajstić information content (AvgIpc) is 2.87. The summed E-state index contributed by atoms with van der Waals surface area (Å²) in [7, 11) is 3.45. The van der Waals surface area contributed by atoms with Crippen molar-refractivity contribution in [3.63, 3.8) is 0 Å². The molecule has 0 radical (unpaired) electrons. The van der Waals surface area contributed by atoms with Crippen molar-refractivity contribution in [2.24, 2.45) is 0 Å². The Morgan fingerprint density at radius 1 is 1.48 bits per heavy atom. The Labute approximate surface area is 128 Å². The molecule has 1 unspecified atom stereocenters. The zero-order valence-electron chi connectivity index (χ0n) is 12.4. The smallest absolute Gasteiger partial charge is 0.161 e. The number of halogens is 2. The maximum absolute atomic E-state index is 13.4. The Bertz CT molecular complexity index is 615. The van der Waals surface area contributed by atoms with Crippen LogP contribution in [0.5, 0.6) is 5.75 Å². The second-order valence-electron chi connectivity index (χ2n) is 4.72. The summed E-state index contributed by atoms with van der Waals surface area (Å²) in [4.78, 5) is 0. The van der Waals surface area contributed by atoms with E-state index in [1.807, 2.05) is 11.7 Å². The van der Waals surface area contributed by atoms with E-state index in [0.29, 0.717) is 5.75 Å². The van der Waals surface area contributed by atoms with E-state index in [0.717, 1.165) is 24.2 Å². The second kappa shape index (κ2) is 6.91. The van der Waals surface area contributed by atoms with E-state index in [4.69, 9.17) is 16.3 Å². The number of aromatic nitrogens is 2. The van der Waals surface area contributed by atoms with Crippen LogP contribution in [0.4, 0.5) is 4.39 Å². The number of nitrogens with one attached hydrogen (secondary N) is 1. The first-order valence-corrected chi connectivity index (χ1v) is 7.22. The van der Waals surface area contributed by atoms with Crippen LogP contribution in [0.3, 0.4) is 0 Å². The summed E-state index contributed by atoms with van der Waals surface area (Å²) in [5.41, 5.74) is 1.77. The molecule has 2 aromatic rings. The molecule has 0 spiro atoms. The number of rotatable bonds is 6. The molecule has 0 aliphatic carbocycles. The standard InChI is InChI=1S/C15H19ClFN3O/c1-4-7-20-15(13(21-3)9-19-20)14(18-2)10-5-6-12(17)11(16)8-10/h5-6,8-9,14,18H,4,7H2,1-3H3. The van der Waals surface area contributed by atoms with Gasteiger partial charge in [-0.25, -0.2) is 4.39 Å². The van der Waals surface area contributed by atoms with Crippen LogP contribution >= 0.6 is 11.6 Å². The largest absolute Gasteiger partial charge is 0.493 e. The Balaban J connectivity index is 2.49. The van der Waals surface area contributed by atoms with Crippen molar-refractivity contribution >= 4 is 11.6 Å². The van der Waals surface area contributed by atoms with Gasteiger partial charge < -0.3 is 10.1 Å². The van der Waals surface area contributed by atoms with E-state index in [1.54, 1.807) is 25.4 Å². The number of nitrogens with zero attached hydrogens (tertiary/aromatic N) is 2. The first-order valence-electron chi connectivity index (χ1n) is 6.84. The minimum atomic E-state index is -0.427. The van der Waals surface area contributed by atoms with Crippen LogP contribution in [0, 0.1) is 5.82 Å². The van der Waals surface area contributed by atoms with Gasteiger partial charge in [0.1, 0.15) is 11.5 Å². The number of benzene rings is 1. The molecule has 1 N–H and O–H groups in total. The summed E-state index contributed by atoms with van der Waals surface area (Å²) < 4.78 is 20.7. The lowest BCUT2D eigenvalue weighted by Crippen LogP contribution is -2.22. The fourth-order valence-electron chi connectivity index (χ4n) is 2.37. The summed E-state index contributed by atoms with van der Waals surface area (Å²) in [5.74, 6) is 0.271. The molecule has 114 valence electrons. The molecular formula is C15H19ClFN3O. The first kappa shape index (κ1) is 15.8. The van der Waals surface area contributed by atoms with Gasteiger partial charge >= 0.3 is 0 Å². The quantitative estimate of drug-likeness (QED) is 0.888. The Hall–Kier alpha value is -1.59. The van der Waals surface area contributed by atoms with Gasteiger partial charge in [0.2, 0.25) is 0 Å². The molecule has 1 atom stereocenters. The molecule has 0 aliphatic heterocycles. The normalized spacial score (nSPS) is 12.4. The highest BCUT2D eigenvalue weighted by Crippen LogP contribution is 2.31. The van der Waals surface area contributed by atoms with Crippen LogP contribution in [0.15, 0.2) is 24.4 Å². The van der Waals surface area contributed by atoms with Crippen molar-refractivity contribution in [2.75, 3.05) is 14.2 Å². The van der Waals surface area contributed by atoms with Crippen LogP contribution < -0.4 is 10.1 Å². The van der Waals surface area contributed by atoms with E-state index < -0.39 is 5.82 Å². The van der Waals surface area contributed by atoms with E-state index in [2.05, 4.69) is 17.3 Å². The monoisotopic (exact) mass is 311 g/mol. The number of aryl methyl sites for hydroxylation is 1. The summed E-state index contributed by atoms with van der Waals surface area (Å²) in [5, 5.41) is 7.68. The Morgan fingerprint density at radius 3 is 2.81 bits per heavy atom. The minimum Gasteiger partial charge on any atom is -0.493 e. The molecule has 0 amide bonds. The van der Waals surface area contributed by atoms with Crippen molar-refractivity contribution in [1.82, 2.24) is 15.1 Å². The number of methoxy groups -OCH3 is 1. The molecule has 0 bridgehead atoms. The molecule has 21 heavy (non-hydrogen) atoms. The summed E-state index contributed by atoms with van der Waals surface area (Å²) >= 11 is 5.89. The third kappa shape index (κ3) is 3.19. The lowest BCUT2D eigenvalue weighted by molar-refractivity contribution is 0.400. The van der Waals surface area contributed by atoms with Gasteiger partial charge in [0.05, 0.1) is 24.4 Å². The van der Waals surface area contributed by atoms with E-state index in [-0.39, 0.29) is 11.1 Å². The third-order valence-electron chi connectivity index (χ3n) is 3.34. The molecule has 1 heterocycles. The second-order valence-corrected chi connectivity index (χ2v) is 5.12. The van der Waals surface area contributed by atoms with Gasteiger partial charge in [-0.2, -0.15) is 5.10 Å². The zero-order chi connectivity index (χ0) is 15.4. The SMILES string of the molecule is CCCn1ncc(OC)c1C(NC)c1ccc(F)c(Cl)c1. The molecule has 6 heteroatoms. The maximum Gasteiger partial charge on any atom is 0.161 e. The predicted molar refractivity (Wildman–Crippen MR) is 81.4 cm³/mol. The number of hydrogen-bond acceptors (Lipinski definition) is 3. The van der Waals surface area contributed by atoms with Crippen LogP contribution in [0.25, 0.3) is 0 Å². The number of hydrogen-bond donors (Lipinski definition) is 1.